The van der Waals surface area contributed by atoms with Gasteiger partial charge in [0, 0.05) is 7.05 Å². The lowest BCUT2D eigenvalue weighted by Gasteiger charge is -2.04. The Kier molecular flexibility index (Phi) is 2.44. The highest BCUT2D eigenvalue weighted by atomic mass is 35.5. The van der Waals surface area contributed by atoms with Crippen LogP contribution in [0.3, 0.4) is 0 Å². The molecule has 2 heterocycles. The standard InChI is InChI=1S/C10H9ClFN3/c1-6-5-13-15(2)10(6)9-7(12)3-4-8(11)14-9/h3-5H,1-2H3. The number of nitrogens with zero attached hydrogens (tertiary/aromatic N) is 3. The van der Waals surface area contributed by atoms with Gasteiger partial charge < -0.3 is 0 Å². The lowest BCUT2D eigenvalue weighted by atomic mass is 10.2. The van der Waals surface area contributed by atoms with Crippen molar-refractivity contribution in [3.63, 3.8) is 0 Å². The van der Waals surface area contributed by atoms with Crippen LogP contribution in [0.4, 0.5) is 4.39 Å². The molecule has 0 aromatic carbocycles. The van der Waals surface area contributed by atoms with Gasteiger partial charge in [-0.05, 0) is 24.6 Å². The molecule has 0 fully saturated rings. The fourth-order valence-electron chi connectivity index (χ4n) is 1.47. The van der Waals surface area contributed by atoms with E-state index >= 15 is 0 Å². The van der Waals surface area contributed by atoms with E-state index in [0.717, 1.165) is 5.56 Å². The molecule has 0 saturated carbocycles. The van der Waals surface area contributed by atoms with Gasteiger partial charge in [-0.15, -0.1) is 0 Å². The molecule has 0 saturated heterocycles. The first-order valence-corrected chi connectivity index (χ1v) is 4.78. The van der Waals surface area contributed by atoms with Gasteiger partial charge in [0.15, 0.2) is 5.82 Å². The number of pyridine rings is 1. The van der Waals surface area contributed by atoms with Gasteiger partial charge in [0.1, 0.15) is 10.8 Å². The van der Waals surface area contributed by atoms with E-state index in [1.165, 1.54) is 12.1 Å². The maximum atomic E-state index is 13.5. The van der Waals surface area contributed by atoms with E-state index in [-0.39, 0.29) is 10.8 Å². The van der Waals surface area contributed by atoms with Crippen LogP contribution in [-0.4, -0.2) is 14.8 Å². The first-order chi connectivity index (χ1) is 7.09. The molecule has 0 amide bonds. The van der Waals surface area contributed by atoms with Gasteiger partial charge in [0.2, 0.25) is 0 Å². The lowest BCUT2D eigenvalue weighted by molar-refractivity contribution is 0.621. The highest BCUT2D eigenvalue weighted by molar-refractivity contribution is 6.29. The number of halogens is 2. The van der Waals surface area contributed by atoms with Crippen molar-refractivity contribution >= 4 is 11.6 Å². The number of aryl methyl sites for hydroxylation is 2. The Labute approximate surface area is 91.5 Å². The zero-order valence-corrected chi connectivity index (χ0v) is 9.09. The van der Waals surface area contributed by atoms with Crippen LogP contribution >= 0.6 is 11.6 Å². The Balaban J connectivity index is 2.68. The van der Waals surface area contributed by atoms with Crippen molar-refractivity contribution in [2.45, 2.75) is 6.92 Å². The van der Waals surface area contributed by atoms with Gasteiger partial charge in [0.05, 0.1) is 11.9 Å². The van der Waals surface area contributed by atoms with Crippen molar-refractivity contribution in [3.05, 3.63) is 34.9 Å². The molecule has 0 aliphatic carbocycles. The van der Waals surface area contributed by atoms with Crippen LogP contribution in [0.15, 0.2) is 18.3 Å². The summed E-state index contributed by atoms with van der Waals surface area (Å²) in [5.41, 5.74) is 1.75. The minimum absolute atomic E-state index is 0.236. The summed E-state index contributed by atoms with van der Waals surface area (Å²) in [5, 5.41) is 4.30. The van der Waals surface area contributed by atoms with E-state index in [9.17, 15) is 4.39 Å². The number of aromatic nitrogens is 3. The van der Waals surface area contributed by atoms with Crippen molar-refractivity contribution in [1.29, 1.82) is 0 Å². The third-order valence-corrected chi connectivity index (χ3v) is 2.37. The Hall–Kier alpha value is -1.42. The summed E-state index contributed by atoms with van der Waals surface area (Å²) in [4.78, 5) is 3.97. The largest absolute Gasteiger partial charge is 0.266 e. The quantitative estimate of drug-likeness (QED) is 0.699. The van der Waals surface area contributed by atoms with E-state index in [1.54, 1.807) is 17.9 Å². The molecule has 2 aromatic rings. The van der Waals surface area contributed by atoms with E-state index in [4.69, 9.17) is 11.6 Å². The monoisotopic (exact) mass is 225 g/mol. The van der Waals surface area contributed by atoms with E-state index in [0.29, 0.717) is 5.69 Å². The zero-order chi connectivity index (χ0) is 11.0. The highest BCUT2D eigenvalue weighted by Crippen LogP contribution is 2.24. The van der Waals surface area contributed by atoms with Crippen LogP contribution in [-0.2, 0) is 7.05 Å². The maximum Gasteiger partial charge on any atom is 0.151 e. The predicted molar refractivity (Wildman–Crippen MR) is 56.1 cm³/mol. The van der Waals surface area contributed by atoms with E-state index in [1.807, 2.05) is 6.92 Å². The molecule has 2 aromatic heterocycles. The molecular formula is C10H9ClFN3. The fourth-order valence-corrected chi connectivity index (χ4v) is 1.62. The van der Waals surface area contributed by atoms with E-state index < -0.39 is 5.82 Å². The topological polar surface area (TPSA) is 30.7 Å². The average Bonchev–Trinajstić information content (AvgIpc) is 2.51. The molecule has 0 aliphatic heterocycles. The van der Waals surface area contributed by atoms with Crippen LogP contribution < -0.4 is 0 Å². The van der Waals surface area contributed by atoms with Crippen molar-refractivity contribution in [3.8, 4) is 11.4 Å². The number of hydrogen-bond acceptors (Lipinski definition) is 2. The van der Waals surface area contributed by atoms with Crippen molar-refractivity contribution in [2.24, 2.45) is 7.05 Å². The van der Waals surface area contributed by atoms with Gasteiger partial charge >= 0.3 is 0 Å². The molecule has 0 bridgehead atoms. The van der Waals surface area contributed by atoms with Crippen LogP contribution in [0.1, 0.15) is 5.56 Å². The predicted octanol–water partition coefficient (Wildman–Crippen LogP) is 2.58. The summed E-state index contributed by atoms with van der Waals surface area (Å²) in [7, 11) is 1.74. The Morgan fingerprint density at radius 1 is 1.40 bits per heavy atom. The van der Waals surface area contributed by atoms with Gasteiger partial charge in [-0.25, -0.2) is 9.37 Å². The summed E-state index contributed by atoms with van der Waals surface area (Å²) in [6.45, 7) is 1.85. The van der Waals surface area contributed by atoms with Gasteiger partial charge in [0.25, 0.3) is 0 Å². The SMILES string of the molecule is Cc1cnn(C)c1-c1nc(Cl)ccc1F. The summed E-state index contributed by atoms with van der Waals surface area (Å²) >= 11 is 5.73. The molecule has 0 unspecified atom stereocenters. The molecule has 0 spiro atoms. The van der Waals surface area contributed by atoms with Crippen LogP contribution in [0.2, 0.25) is 5.15 Å². The lowest BCUT2D eigenvalue weighted by Crippen LogP contribution is -1.99. The molecule has 0 atom stereocenters. The zero-order valence-electron chi connectivity index (χ0n) is 8.33. The first kappa shape index (κ1) is 10.1. The van der Waals surface area contributed by atoms with Crippen molar-refractivity contribution in [2.75, 3.05) is 0 Å². The highest BCUT2D eigenvalue weighted by Gasteiger charge is 2.14. The summed E-state index contributed by atoms with van der Waals surface area (Å²) in [6.07, 6.45) is 1.66. The molecular weight excluding hydrogens is 217 g/mol. The molecule has 0 aliphatic rings. The average molecular weight is 226 g/mol. The van der Waals surface area contributed by atoms with Gasteiger partial charge in [-0.2, -0.15) is 5.10 Å². The minimum Gasteiger partial charge on any atom is -0.266 e. The molecule has 15 heavy (non-hydrogen) atoms. The second-order valence-corrected chi connectivity index (χ2v) is 3.65. The summed E-state index contributed by atoms with van der Waals surface area (Å²) in [5.74, 6) is -0.397. The molecule has 0 radical (unpaired) electrons. The second kappa shape index (κ2) is 3.62. The second-order valence-electron chi connectivity index (χ2n) is 3.26. The molecule has 3 nitrogen and oxygen atoms in total. The number of rotatable bonds is 1. The Bertz CT molecular complexity index is 488. The molecule has 0 N–H and O–H groups in total. The normalized spacial score (nSPS) is 10.7. The molecule has 78 valence electrons. The summed E-state index contributed by atoms with van der Waals surface area (Å²) < 4.78 is 15.1. The maximum absolute atomic E-state index is 13.5. The Morgan fingerprint density at radius 2 is 2.13 bits per heavy atom. The molecule has 2 rings (SSSR count). The van der Waals surface area contributed by atoms with E-state index in [2.05, 4.69) is 10.1 Å². The summed E-state index contributed by atoms with van der Waals surface area (Å²) in [6, 6.07) is 2.73. The number of hydrogen-bond donors (Lipinski definition) is 0. The third kappa shape index (κ3) is 1.72. The minimum atomic E-state index is -0.397. The fraction of sp³-hybridized carbons (Fsp3) is 0.200. The smallest absolute Gasteiger partial charge is 0.151 e. The van der Waals surface area contributed by atoms with Crippen LogP contribution in [0.25, 0.3) is 11.4 Å². The van der Waals surface area contributed by atoms with Gasteiger partial charge in [-0.3, -0.25) is 4.68 Å². The first-order valence-electron chi connectivity index (χ1n) is 4.40. The molecule has 5 heteroatoms. The van der Waals surface area contributed by atoms with Crippen molar-refractivity contribution < 1.29 is 4.39 Å². The van der Waals surface area contributed by atoms with Crippen molar-refractivity contribution in [1.82, 2.24) is 14.8 Å². The van der Waals surface area contributed by atoms with Gasteiger partial charge in [-0.1, -0.05) is 11.6 Å². The third-order valence-electron chi connectivity index (χ3n) is 2.16. The Morgan fingerprint density at radius 3 is 2.73 bits per heavy atom. The van der Waals surface area contributed by atoms with Crippen LogP contribution in [0, 0.1) is 12.7 Å². The van der Waals surface area contributed by atoms with Crippen LogP contribution in [0.5, 0.6) is 0 Å².